The number of methoxy groups -OCH3 is 1. The normalized spacial score (nSPS) is 10.4. The fourth-order valence-electron chi connectivity index (χ4n) is 1.50. The molecule has 0 saturated heterocycles. The van der Waals surface area contributed by atoms with Crippen molar-refractivity contribution in [2.75, 3.05) is 20.2 Å². The van der Waals surface area contributed by atoms with Crippen LogP contribution in [0.3, 0.4) is 0 Å². The predicted octanol–water partition coefficient (Wildman–Crippen LogP) is 1.09. The Hall–Kier alpha value is -1.36. The Kier molecular flexibility index (Phi) is 4.98. The van der Waals surface area contributed by atoms with Crippen molar-refractivity contribution < 1.29 is 9.53 Å². The number of carbonyl (C=O) groups is 1. The van der Waals surface area contributed by atoms with Crippen LogP contribution in [0.2, 0.25) is 0 Å². The van der Waals surface area contributed by atoms with Gasteiger partial charge in [0.1, 0.15) is 5.69 Å². The van der Waals surface area contributed by atoms with E-state index in [9.17, 15) is 4.79 Å². The van der Waals surface area contributed by atoms with Gasteiger partial charge in [-0.2, -0.15) is 5.10 Å². The summed E-state index contributed by atoms with van der Waals surface area (Å²) in [5.74, 6) is 0.565. The van der Waals surface area contributed by atoms with Gasteiger partial charge in [0.2, 0.25) is 0 Å². The van der Waals surface area contributed by atoms with Crippen molar-refractivity contribution >= 4 is 5.78 Å². The van der Waals surface area contributed by atoms with E-state index in [4.69, 9.17) is 4.74 Å². The maximum absolute atomic E-state index is 11.9. The molecule has 0 amide bonds. The summed E-state index contributed by atoms with van der Waals surface area (Å²) in [5, 5.41) is 7.18. The third-order valence-corrected chi connectivity index (χ3v) is 2.30. The van der Waals surface area contributed by atoms with E-state index in [0.717, 1.165) is 13.0 Å². The molecule has 0 aromatic carbocycles. The molecule has 90 valence electrons. The first kappa shape index (κ1) is 12.7. The van der Waals surface area contributed by atoms with E-state index in [2.05, 4.69) is 17.3 Å². The molecule has 0 unspecified atom stereocenters. The third kappa shape index (κ3) is 2.82. The number of Topliss-reactive ketones (excluding diaryl/α,β-unsaturated/α-hetero) is 1. The van der Waals surface area contributed by atoms with Crippen molar-refractivity contribution in [2.24, 2.45) is 0 Å². The summed E-state index contributed by atoms with van der Waals surface area (Å²) in [4.78, 5) is 11.9. The molecule has 16 heavy (non-hydrogen) atoms. The van der Waals surface area contributed by atoms with Gasteiger partial charge in [0.05, 0.1) is 19.9 Å². The monoisotopic (exact) mass is 225 g/mol. The number of aryl methyl sites for hydroxylation is 1. The van der Waals surface area contributed by atoms with Crippen LogP contribution in [0, 0.1) is 0 Å². The fraction of sp³-hybridized carbons (Fsp3) is 0.636. The van der Waals surface area contributed by atoms with Crippen LogP contribution in [-0.4, -0.2) is 35.8 Å². The Morgan fingerprint density at radius 3 is 2.88 bits per heavy atom. The summed E-state index contributed by atoms with van der Waals surface area (Å²) in [6, 6.07) is 0. The molecule has 0 fully saturated rings. The summed E-state index contributed by atoms with van der Waals surface area (Å²) >= 11 is 0. The van der Waals surface area contributed by atoms with Gasteiger partial charge < -0.3 is 10.1 Å². The van der Waals surface area contributed by atoms with Crippen LogP contribution >= 0.6 is 0 Å². The number of hydrogen-bond donors (Lipinski definition) is 1. The van der Waals surface area contributed by atoms with Crippen LogP contribution in [0.25, 0.3) is 0 Å². The Labute approximate surface area is 95.8 Å². The molecule has 1 rings (SSSR count). The third-order valence-electron chi connectivity index (χ3n) is 2.30. The Bertz CT molecular complexity index is 325. The van der Waals surface area contributed by atoms with Gasteiger partial charge in [-0.1, -0.05) is 6.92 Å². The molecule has 1 heterocycles. The lowest BCUT2D eigenvalue weighted by Gasteiger charge is -2.06. The molecule has 5 heteroatoms. The second-order valence-corrected chi connectivity index (χ2v) is 3.48. The molecule has 0 saturated carbocycles. The van der Waals surface area contributed by atoms with Crippen LogP contribution in [0.4, 0.5) is 0 Å². The molecular weight excluding hydrogens is 206 g/mol. The lowest BCUT2D eigenvalue weighted by atomic mass is 10.2. The average Bonchev–Trinajstić information content (AvgIpc) is 2.71. The molecule has 0 aliphatic heterocycles. The van der Waals surface area contributed by atoms with Gasteiger partial charge in [0.15, 0.2) is 11.5 Å². The van der Waals surface area contributed by atoms with Crippen LogP contribution in [0.15, 0.2) is 6.20 Å². The molecule has 1 aromatic heterocycles. The van der Waals surface area contributed by atoms with Gasteiger partial charge in [-0.15, -0.1) is 0 Å². The van der Waals surface area contributed by atoms with E-state index in [1.165, 1.54) is 0 Å². The van der Waals surface area contributed by atoms with Gasteiger partial charge in [-0.3, -0.25) is 9.48 Å². The summed E-state index contributed by atoms with van der Waals surface area (Å²) in [6.45, 7) is 5.85. The highest BCUT2D eigenvalue weighted by Crippen LogP contribution is 2.17. The van der Waals surface area contributed by atoms with E-state index in [1.807, 2.05) is 6.92 Å². The topological polar surface area (TPSA) is 56.1 Å². The van der Waals surface area contributed by atoms with E-state index in [0.29, 0.717) is 24.5 Å². The van der Waals surface area contributed by atoms with Crippen molar-refractivity contribution in [3.8, 4) is 5.75 Å². The Morgan fingerprint density at radius 1 is 1.56 bits per heavy atom. The quantitative estimate of drug-likeness (QED) is 0.557. The van der Waals surface area contributed by atoms with Crippen LogP contribution in [0.1, 0.15) is 30.8 Å². The van der Waals surface area contributed by atoms with Crippen LogP contribution in [-0.2, 0) is 6.54 Å². The molecule has 0 radical (unpaired) electrons. The number of nitrogens with zero attached hydrogens (tertiary/aromatic N) is 2. The maximum Gasteiger partial charge on any atom is 0.198 e. The van der Waals surface area contributed by atoms with Gasteiger partial charge in [-0.25, -0.2) is 0 Å². The number of ether oxygens (including phenoxy) is 1. The van der Waals surface area contributed by atoms with E-state index in [-0.39, 0.29) is 5.78 Å². The highest BCUT2D eigenvalue weighted by molar-refractivity contribution is 5.98. The van der Waals surface area contributed by atoms with Crippen LogP contribution < -0.4 is 10.1 Å². The second-order valence-electron chi connectivity index (χ2n) is 3.48. The fourth-order valence-corrected chi connectivity index (χ4v) is 1.50. The standard InChI is InChI=1S/C11H19N3O2/c1-4-6-12-7-9(15)11-10(16-3)8-13-14(11)5-2/h8,12H,4-7H2,1-3H3. The van der Waals surface area contributed by atoms with Crippen molar-refractivity contribution in [2.45, 2.75) is 26.8 Å². The van der Waals surface area contributed by atoms with E-state index >= 15 is 0 Å². The molecule has 1 aromatic rings. The molecule has 0 aliphatic carbocycles. The lowest BCUT2D eigenvalue weighted by Crippen LogP contribution is -2.25. The SMILES string of the molecule is CCCNCC(=O)c1c(OC)cnn1CC. The number of carbonyl (C=O) groups excluding carboxylic acids is 1. The average molecular weight is 225 g/mol. The zero-order chi connectivity index (χ0) is 12.0. The van der Waals surface area contributed by atoms with Crippen molar-refractivity contribution in [3.05, 3.63) is 11.9 Å². The van der Waals surface area contributed by atoms with Gasteiger partial charge in [0, 0.05) is 6.54 Å². The van der Waals surface area contributed by atoms with Crippen molar-refractivity contribution in [1.29, 1.82) is 0 Å². The number of rotatable bonds is 7. The first-order valence-electron chi connectivity index (χ1n) is 5.58. The zero-order valence-electron chi connectivity index (χ0n) is 10.1. The first-order valence-corrected chi connectivity index (χ1v) is 5.58. The molecule has 0 atom stereocenters. The second kappa shape index (κ2) is 6.27. The molecule has 5 nitrogen and oxygen atoms in total. The molecule has 1 N–H and O–H groups in total. The first-order chi connectivity index (χ1) is 7.74. The van der Waals surface area contributed by atoms with E-state index < -0.39 is 0 Å². The molecule has 0 spiro atoms. The number of nitrogens with one attached hydrogen (secondary N) is 1. The predicted molar refractivity (Wildman–Crippen MR) is 61.9 cm³/mol. The lowest BCUT2D eigenvalue weighted by molar-refractivity contribution is 0.0978. The molecule has 0 bridgehead atoms. The van der Waals surface area contributed by atoms with Crippen molar-refractivity contribution in [3.63, 3.8) is 0 Å². The largest absolute Gasteiger partial charge is 0.493 e. The number of aromatic nitrogens is 2. The molecule has 0 aliphatic rings. The van der Waals surface area contributed by atoms with Crippen LogP contribution in [0.5, 0.6) is 5.75 Å². The summed E-state index contributed by atoms with van der Waals surface area (Å²) in [7, 11) is 1.55. The minimum atomic E-state index is 0.0182. The number of hydrogen-bond acceptors (Lipinski definition) is 4. The maximum atomic E-state index is 11.9. The summed E-state index contributed by atoms with van der Waals surface area (Å²) < 4.78 is 6.78. The van der Waals surface area contributed by atoms with E-state index in [1.54, 1.807) is 18.0 Å². The number of ketones is 1. The zero-order valence-corrected chi connectivity index (χ0v) is 10.1. The van der Waals surface area contributed by atoms with Crippen molar-refractivity contribution in [1.82, 2.24) is 15.1 Å². The Balaban J connectivity index is 2.75. The smallest absolute Gasteiger partial charge is 0.198 e. The summed E-state index contributed by atoms with van der Waals surface area (Å²) in [6.07, 6.45) is 2.59. The van der Waals surface area contributed by atoms with Gasteiger partial charge in [-0.05, 0) is 19.9 Å². The minimum absolute atomic E-state index is 0.0182. The minimum Gasteiger partial charge on any atom is -0.493 e. The Morgan fingerprint density at radius 2 is 2.31 bits per heavy atom. The van der Waals surface area contributed by atoms with Gasteiger partial charge in [0.25, 0.3) is 0 Å². The highest BCUT2D eigenvalue weighted by Gasteiger charge is 2.17. The molecular formula is C11H19N3O2. The van der Waals surface area contributed by atoms with Gasteiger partial charge >= 0.3 is 0 Å². The summed E-state index contributed by atoms with van der Waals surface area (Å²) in [5.41, 5.74) is 0.550. The highest BCUT2D eigenvalue weighted by atomic mass is 16.5.